The van der Waals surface area contributed by atoms with Gasteiger partial charge in [-0.15, -0.1) is 0 Å². The molecule has 0 radical (unpaired) electrons. The lowest BCUT2D eigenvalue weighted by Gasteiger charge is -2.13. The molecular formula is C20H11N3OS2. The number of thiocarbonyl (C=S) groups is 1. The minimum absolute atomic E-state index is 0.0430. The molecule has 1 amide bonds. The van der Waals surface area contributed by atoms with Gasteiger partial charge in [0.15, 0.2) is 4.32 Å². The van der Waals surface area contributed by atoms with Gasteiger partial charge in [-0.05, 0) is 35.4 Å². The molecule has 4 nitrogen and oxygen atoms in total. The Bertz CT molecular complexity index is 994. The van der Waals surface area contributed by atoms with E-state index in [9.17, 15) is 4.79 Å². The predicted octanol–water partition coefficient (Wildman–Crippen LogP) is 4.52. The van der Waals surface area contributed by atoms with E-state index in [0.717, 1.165) is 16.8 Å². The van der Waals surface area contributed by atoms with Crippen LogP contribution in [0.2, 0.25) is 0 Å². The zero-order chi connectivity index (χ0) is 18.5. The first-order valence-corrected chi connectivity index (χ1v) is 8.80. The Morgan fingerprint density at radius 3 is 2.23 bits per heavy atom. The maximum absolute atomic E-state index is 12.7. The molecule has 1 heterocycles. The van der Waals surface area contributed by atoms with Gasteiger partial charge in [0.05, 0.1) is 10.6 Å². The molecule has 2 aromatic rings. The molecule has 1 aliphatic rings. The molecule has 0 spiro atoms. The standard InChI is InChI=1S/C20H11N3OS2/c21-12-16(13-22)10-14-6-8-15(9-7-14)11-18-19(24)23(20(25)26-18)17-4-2-1-3-5-17/h1-11H/b18-11+. The summed E-state index contributed by atoms with van der Waals surface area (Å²) in [5, 5.41) is 17.6. The van der Waals surface area contributed by atoms with Gasteiger partial charge < -0.3 is 0 Å². The maximum Gasteiger partial charge on any atom is 0.270 e. The maximum atomic E-state index is 12.7. The highest BCUT2D eigenvalue weighted by atomic mass is 32.2. The number of hydrogen-bond donors (Lipinski definition) is 0. The average Bonchev–Trinajstić information content (AvgIpc) is 2.95. The summed E-state index contributed by atoms with van der Waals surface area (Å²) >= 11 is 6.61. The molecule has 0 N–H and O–H groups in total. The van der Waals surface area contributed by atoms with Crippen molar-refractivity contribution in [3.05, 3.63) is 76.2 Å². The first-order chi connectivity index (χ1) is 12.6. The largest absolute Gasteiger partial charge is 0.270 e. The smallest absolute Gasteiger partial charge is 0.268 e. The van der Waals surface area contributed by atoms with E-state index in [2.05, 4.69) is 0 Å². The molecule has 1 aliphatic heterocycles. The summed E-state index contributed by atoms with van der Waals surface area (Å²) in [7, 11) is 0. The number of rotatable bonds is 3. The van der Waals surface area contributed by atoms with E-state index in [0.29, 0.717) is 9.23 Å². The quantitative estimate of drug-likeness (QED) is 0.449. The molecule has 6 heteroatoms. The van der Waals surface area contributed by atoms with E-state index < -0.39 is 0 Å². The van der Waals surface area contributed by atoms with Crippen LogP contribution in [0.5, 0.6) is 0 Å². The first kappa shape index (κ1) is 17.6. The van der Waals surface area contributed by atoms with Gasteiger partial charge in [0.1, 0.15) is 17.7 Å². The number of anilines is 1. The number of amides is 1. The predicted molar refractivity (Wildman–Crippen MR) is 108 cm³/mol. The Balaban J connectivity index is 1.84. The summed E-state index contributed by atoms with van der Waals surface area (Å²) in [6, 6.07) is 20.2. The zero-order valence-electron chi connectivity index (χ0n) is 13.4. The second-order valence-electron chi connectivity index (χ2n) is 5.30. The van der Waals surface area contributed by atoms with Crippen LogP contribution in [0, 0.1) is 22.7 Å². The van der Waals surface area contributed by atoms with E-state index in [1.165, 1.54) is 22.7 Å². The van der Waals surface area contributed by atoms with Crippen molar-refractivity contribution in [1.82, 2.24) is 0 Å². The Labute approximate surface area is 160 Å². The molecule has 3 rings (SSSR count). The topological polar surface area (TPSA) is 67.9 Å². The van der Waals surface area contributed by atoms with Gasteiger partial charge in [0.25, 0.3) is 5.91 Å². The Hall–Kier alpha value is -3.19. The average molecular weight is 373 g/mol. The highest BCUT2D eigenvalue weighted by Crippen LogP contribution is 2.35. The van der Waals surface area contributed by atoms with Gasteiger partial charge in [-0.1, -0.05) is 66.4 Å². The molecule has 124 valence electrons. The number of carbonyl (C=O) groups excluding carboxylic acids is 1. The van der Waals surface area contributed by atoms with Crippen LogP contribution in [-0.4, -0.2) is 10.2 Å². The molecule has 0 aromatic heterocycles. The van der Waals surface area contributed by atoms with Crippen molar-refractivity contribution in [3.63, 3.8) is 0 Å². The molecule has 1 saturated heterocycles. The minimum Gasteiger partial charge on any atom is -0.268 e. The third-order valence-electron chi connectivity index (χ3n) is 3.59. The molecule has 0 bridgehead atoms. The molecule has 1 fully saturated rings. The van der Waals surface area contributed by atoms with Crippen LogP contribution in [0.1, 0.15) is 11.1 Å². The van der Waals surface area contributed by atoms with E-state index in [-0.39, 0.29) is 11.5 Å². The molecule has 0 atom stereocenters. The van der Waals surface area contributed by atoms with Crippen LogP contribution in [-0.2, 0) is 4.79 Å². The van der Waals surface area contributed by atoms with Crippen LogP contribution in [0.3, 0.4) is 0 Å². The lowest BCUT2D eigenvalue weighted by atomic mass is 10.1. The van der Waals surface area contributed by atoms with Crippen LogP contribution in [0.15, 0.2) is 65.1 Å². The van der Waals surface area contributed by atoms with Crippen molar-refractivity contribution in [2.45, 2.75) is 0 Å². The number of allylic oxidation sites excluding steroid dienone is 1. The normalized spacial score (nSPS) is 14.8. The van der Waals surface area contributed by atoms with Crippen LogP contribution >= 0.6 is 24.0 Å². The van der Waals surface area contributed by atoms with Gasteiger partial charge in [-0.2, -0.15) is 10.5 Å². The summed E-state index contributed by atoms with van der Waals surface area (Å²) < 4.78 is 0.500. The SMILES string of the molecule is N#CC(C#N)=Cc1ccc(/C=C2/SC(=S)N(c3ccccc3)C2=O)cc1. The van der Waals surface area contributed by atoms with Crippen molar-refractivity contribution < 1.29 is 4.79 Å². The monoisotopic (exact) mass is 373 g/mol. The van der Waals surface area contributed by atoms with Crippen LogP contribution < -0.4 is 4.90 Å². The molecule has 26 heavy (non-hydrogen) atoms. The molecular weight excluding hydrogens is 362 g/mol. The number of nitrogens with zero attached hydrogens (tertiary/aromatic N) is 3. The van der Waals surface area contributed by atoms with Crippen molar-refractivity contribution in [2.75, 3.05) is 4.90 Å². The zero-order valence-corrected chi connectivity index (χ0v) is 15.1. The van der Waals surface area contributed by atoms with Crippen molar-refractivity contribution in [1.29, 1.82) is 10.5 Å². The van der Waals surface area contributed by atoms with Crippen LogP contribution in [0.4, 0.5) is 5.69 Å². The summed E-state index contributed by atoms with van der Waals surface area (Å²) in [6.45, 7) is 0. The molecule has 0 aliphatic carbocycles. The lowest BCUT2D eigenvalue weighted by molar-refractivity contribution is -0.113. The van der Waals surface area contributed by atoms with E-state index in [1.54, 1.807) is 18.2 Å². The number of benzene rings is 2. The second-order valence-corrected chi connectivity index (χ2v) is 6.98. The third kappa shape index (κ3) is 3.73. The summed E-state index contributed by atoms with van der Waals surface area (Å²) in [5.74, 6) is -0.147. The molecule has 0 unspecified atom stereocenters. The Kier molecular flexibility index (Phi) is 5.28. The number of hydrogen-bond acceptors (Lipinski definition) is 5. The Morgan fingerprint density at radius 2 is 1.62 bits per heavy atom. The molecule has 0 saturated carbocycles. The van der Waals surface area contributed by atoms with Crippen molar-refractivity contribution in [2.24, 2.45) is 0 Å². The minimum atomic E-state index is -0.147. The van der Waals surface area contributed by atoms with Crippen molar-refractivity contribution >= 4 is 52.0 Å². The fourth-order valence-electron chi connectivity index (χ4n) is 2.36. The summed E-state index contributed by atoms with van der Waals surface area (Å²) in [5.41, 5.74) is 2.38. The van der Waals surface area contributed by atoms with Crippen molar-refractivity contribution in [3.8, 4) is 12.1 Å². The van der Waals surface area contributed by atoms with Gasteiger partial charge in [-0.3, -0.25) is 9.69 Å². The summed E-state index contributed by atoms with van der Waals surface area (Å²) in [4.78, 5) is 14.8. The number of nitriles is 2. The third-order valence-corrected chi connectivity index (χ3v) is 4.90. The van der Waals surface area contributed by atoms with E-state index in [1.807, 2.05) is 54.6 Å². The molecule has 2 aromatic carbocycles. The van der Waals surface area contributed by atoms with E-state index >= 15 is 0 Å². The van der Waals surface area contributed by atoms with Gasteiger partial charge in [-0.25, -0.2) is 0 Å². The fraction of sp³-hybridized carbons (Fsp3) is 0. The highest BCUT2D eigenvalue weighted by molar-refractivity contribution is 8.27. The second kappa shape index (κ2) is 7.79. The van der Waals surface area contributed by atoms with Gasteiger partial charge in [0.2, 0.25) is 0 Å². The van der Waals surface area contributed by atoms with Gasteiger partial charge in [0, 0.05) is 0 Å². The summed E-state index contributed by atoms with van der Waals surface area (Å²) in [6.07, 6.45) is 3.30. The van der Waals surface area contributed by atoms with Crippen LogP contribution in [0.25, 0.3) is 12.2 Å². The fourth-order valence-corrected chi connectivity index (χ4v) is 3.66. The van der Waals surface area contributed by atoms with Gasteiger partial charge >= 0.3 is 0 Å². The highest BCUT2D eigenvalue weighted by Gasteiger charge is 2.33. The Morgan fingerprint density at radius 1 is 1.00 bits per heavy atom. The number of carbonyl (C=O) groups is 1. The first-order valence-electron chi connectivity index (χ1n) is 7.57. The van der Waals surface area contributed by atoms with E-state index in [4.69, 9.17) is 22.7 Å². The number of para-hydroxylation sites is 1. The lowest BCUT2D eigenvalue weighted by Crippen LogP contribution is -2.27. The number of thioether (sulfide) groups is 1.